The third-order valence-corrected chi connectivity index (χ3v) is 3.40. The molecule has 0 spiro atoms. The second-order valence-corrected chi connectivity index (χ2v) is 4.77. The number of aromatic nitrogens is 4. The number of rotatable bonds is 2. The van der Waals surface area contributed by atoms with Crippen LogP contribution in [-0.2, 0) is 6.42 Å². The van der Waals surface area contributed by atoms with E-state index in [2.05, 4.69) is 51.5 Å². The van der Waals surface area contributed by atoms with Gasteiger partial charge in [-0.3, -0.25) is 0 Å². The molecule has 5 heteroatoms. The molecule has 0 aliphatic rings. The highest BCUT2D eigenvalue weighted by molar-refractivity contribution is 14.1. The van der Waals surface area contributed by atoms with Gasteiger partial charge >= 0.3 is 0 Å². The van der Waals surface area contributed by atoms with E-state index in [4.69, 9.17) is 0 Å². The van der Waals surface area contributed by atoms with Crippen LogP contribution in [0, 0.1) is 17.4 Å². The van der Waals surface area contributed by atoms with Crippen molar-refractivity contribution in [3.05, 3.63) is 33.0 Å². The molecule has 0 atom stereocenters. The molecular formula is C11H13IN4. The second kappa shape index (κ2) is 4.48. The molecule has 0 amide bonds. The minimum absolute atomic E-state index is 0.857. The van der Waals surface area contributed by atoms with Crippen molar-refractivity contribution in [2.75, 3.05) is 0 Å². The van der Waals surface area contributed by atoms with E-state index in [1.54, 1.807) is 12.5 Å². The van der Waals surface area contributed by atoms with Gasteiger partial charge in [0.15, 0.2) is 5.82 Å². The summed E-state index contributed by atoms with van der Waals surface area (Å²) in [5.74, 6) is 0.857. The van der Waals surface area contributed by atoms with Gasteiger partial charge in [0.2, 0.25) is 0 Å². The van der Waals surface area contributed by atoms with E-state index in [-0.39, 0.29) is 0 Å². The molecule has 0 aliphatic carbocycles. The fourth-order valence-electron chi connectivity index (χ4n) is 1.85. The lowest BCUT2D eigenvalue weighted by atomic mass is 10.1. The normalized spacial score (nSPS) is 10.8. The van der Waals surface area contributed by atoms with Crippen LogP contribution in [0.5, 0.6) is 0 Å². The quantitative estimate of drug-likeness (QED) is 0.796. The topological polar surface area (TPSA) is 43.6 Å². The summed E-state index contributed by atoms with van der Waals surface area (Å²) in [7, 11) is 0. The number of aryl methyl sites for hydroxylation is 1. The Labute approximate surface area is 108 Å². The zero-order chi connectivity index (χ0) is 11.7. The standard InChI is InChI=1S/C11H13IN4/c1-4-9-7(2)15-16(8(9)3)11-10(12)5-13-6-14-11/h5-6H,4H2,1-3H3. The first-order valence-corrected chi connectivity index (χ1v) is 6.24. The molecule has 2 aromatic rings. The Morgan fingerprint density at radius 2 is 2.12 bits per heavy atom. The van der Waals surface area contributed by atoms with Gasteiger partial charge in [0.1, 0.15) is 6.33 Å². The predicted molar refractivity (Wildman–Crippen MR) is 70.7 cm³/mol. The van der Waals surface area contributed by atoms with Crippen molar-refractivity contribution in [3.63, 3.8) is 0 Å². The maximum Gasteiger partial charge on any atom is 0.170 e. The molecule has 84 valence electrons. The lowest BCUT2D eigenvalue weighted by molar-refractivity contribution is 0.794. The molecule has 0 N–H and O–H groups in total. The van der Waals surface area contributed by atoms with Crippen molar-refractivity contribution >= 4 is 22.6 Å². The van der Waals surface area contributed by atoms with Crippen LogP contribution in [0.15, 0.2) is 12.5 Å². The molecule has 2 rings (SSSR count). The lowest BCUT2D eigenvalue weighted by Crippen LogP contribution is -2.05. The summed E-state index contributed by atoms with van der Waals surface area (Å²) in [6.45, 7) is 6.26. The molecular weight excluding hydrogens is 315 g/mol. The Bertz CT molecular complexity index is 519. The molecule has 0 radical (unpaired) electrons. The summed E-state index contributed by atoms with van der Waals surface area (Å²) >= 11 is 2.23. The molecule has 0 aliphatic heterocycles. The second-order valence-electron chi connectivity index (χ2n) is 3.61. The third-order valence-electron chi connectivity index (χ3n) is 2.64. The van der Waals surface area contributed by atoms with Crippen LogP contribution in [0.1, 0.15) is 23.9 Å². The van der Waals surface area contributed by atoms with Crippen LogP contribution in [0.2, 0.25) is 0 Å². The summed E-state index contributed by atoms with van der Waals surface area (Å²) in [6.07, 6.45) is 4.35. The fraction of sp³-hybridized carbons (Fsp3) is 0.364. The van der Waals surface area contributed by atoms with Gasteiger partial charge < -0.3 is 0 Å². The molecule has 0 saturated heterocycles. The molecule has 2 heterocycles. The van der Waals surface area contributed by atoms with Crippen molar-refractivity contribution in [1.29, 1.82) is 0 Å². The average Bonchev–Trinajstić information content (AvgIpc) is 2.55. The zero-order valence-electron chi connectivity index (χ0n) is 9.53. The first kappa shape index (κ1) is 11.5. The van der Waals surface area contributed by atoms with E-state index in [9.17, 15) is 0 Å². The van der Waals surface area contributed by atoms with E-state index >= 15 is 0 Å². The highest BCUT2D eigenvalue weighted by Crippen LogP contribution is 2.19. The smallest absolute Gasteiger partial charge is 0.170 e. The van der Waals surface area contributed by atoms with Crippen molar-refractivity contribution in [2.45, 2.75) is 27.2 Å². The molecule has 0 saturated carbocycles. The van der Waals surface area contributed by atoms with Crippen LogP contribution in [0.3, 0.4) is 0 Å². The molecule has 0 aromatic carbocycles. The maximum absolute atomic E-state index is 4.53. The van der Waals surface area contributed by atoms with Crippen molar-refractivity contribution in [3.8, 4) is 5.82 Å². The fourth-order valence-corrected chi connectivity index (χ4v) is 2.38. The first-order chi connectivity index (χ1) is 7.65. The van der Waals surface area contributed by atoms with Crippen LogP contribution in [0.25, 0.3) is 5.82 Å². The largest absolute Gasteiger partial charge is 0.244 e. The Kier molecular flexibility index (Phi) is 3.22. The Morgan fingerprint density at radius 1 is 1.38 bits per heavy atom. The Balaban J connectivity index is 2.62. The van der Waals surface area contributed by atoms with Crippen molar-refractivity contribution in [1.82, 2.24) is 19.7 Å². The Morgan fingerprint density at radius 3 is 2.69 bits per heavy atom. The molecule has 0 unspecified atom stereocenters. The number of halogens is 1. The predicted octanol–water partition coefficient (Wildman–Crippen LogP) is 2.45. The summed E-state index contributed by atoms with van der Waals surface area (Å²) in [6, 6.07) is 0. The van der Waals surface area contributed by atoms with Gasteiger partial charge in [-0.25, -0.2) is 14.6 Å². The van der Waals surface area contributed by atoms with Crippen molar-refractivity contribution < 1.29 is 0 Å². The number of hydrogen-bond acceptors (Lipinski definition) is 3. The van der Waals surface area contributed by atoms with Crippen LogP contribution < -0.4 is 0 Å². The van der Waals surface area contributed by atoms with Crippen LogP contribution in [0.4, 0.5) is 0 Å². The molecule has 2 aromatic heterocycles. The summed E-state index contributed by atoms with van der Waals surface area (Å²) in [4.78, 5) is 8.27. The van der Waals surface area contributed by atoms with E-state index in [0.29, 0.717) is 0 Å². The third kappa shape index (κ3) is 1.83. The average molecular weight is 328 g/mol. The van der Waals surface area contributed by atoms with Gasteiger partial charge in [-0.1, -0.05) is 6.92 Å². The van der Waals surface area contributed by atoms with Crippen LogP contribution >= 0.6 is 22.6 Å². The van der Waals surface area contributed by atoms with Gasteiger partial charge in [0, 0.05) is 11.9 Å². The number of nitrogens with zero attached hydrogens (tertiary/aromatic N) is 4. The minimum Gasteiger partial charge on any atom is -0.244 e. The molecule has 4 nitrogen and oxygen atoms in total. The van der Waals surface area contributed by atoms with E-state index < -0.39 is 0 Å². The van der Waals surface area contributed by atoms with Gasteiger partial charge in [0.05, 0.1) is 9.26 Å². The zero-order valence-corrected chi connectivity index (χ0v) is 11.7. The number of hydrogen-bond donors (Lipinski definition) is 0. The SMILES string of the molecule is CCc1c(C)nn(-c2ncncc2I)c1C. The van der Waals surface area contributed by atoms with Gasteiger partial charge in [0.25, 0.3) is 0 Å². The molecule has 16 heavy (non-hydrogen) atoms. The maximum atomic E-state index is 4.53. The summed E-state index contributed by atoms with van der Waals surface area (Å²) in [5.41, 5.74) is 3.54. The van der Waals surface area contributed by atoms with Crippen LogP contribution in [-0.4, -0.2) is 19.7 Å². The molecule has 0 fully saturated rings. The van der Waals surface area contributed by atoms with E-state index in [1.807, 2.05) is 11.6 Å². The first-order valence-electron chi connectivity index (χ1n) is 5.16. The summed E-state index contributed by atoms with van der Waals surface area (Å²) < 4.78 is 2.91. The van der Waals surface area contributed by atoms with Gasteiger partial charge in [-0.15, -0.1) is 0 Å². The lowest BCUT2D eigenvalue weighted by Gasteiger charge is -2.05. The van der Waals surface area contributed by atoms with E-state index in [0.717, 1.165) is 27.2 Å². The highest BCUT2D eigenvalue weighted by Gasteiger charge is 2.13. The minimum atomic E-state index is 0.857. The van der Waals surface area contributed by atoms with E-state index in [1.165, 1.54) is 5.56 Å². The summed E-state index contributed by atoms with van der Waals surface area (Å²) in [5, 5.41) is 4.53. The van der Waals surface area contributed by atoms with Gasteiger partial charge in [-0.2, -0.15) is 5.10 Å². The van der Waals surface area contributed by atoms with Gasteiger partial charge in [-0.05, 0) is 48.4 Å². The molecule has 0 bridgehead atoms. The highest BCUT2D eigenvalue weighted by atomic mass is 127. The Hall–Kier alpha value is -0.980. The van der Waals surface area contributed by atoms with Crippen molar-refractivity contribution in [2.24, 2.45) is 0 Å². The monoisotopic (exact) mass is 328 g/mol.